The number of fused-ring (bicyclic) bond motifs is 1. The number of piperazine rings is 1. The van der Waals surface area contributed by atoms with Crippen molar-refractivity contribution in [2.45, 2.75) is 11.8 Å². The quantitative estimate of drug-likeness (QED) is 0.630. The molecule has 152 valence electrons. The molecular formula is C20H18F2N2O3S2. The Bertz CT molecular complexity index is 1180. The molecule has 0 bridgehead atoms. The summed E-state index contributed by atoms with van der Waals surface area (Å²) in [5.74, 6) is -1.08. The zero-order valence-corrected chi connectivity index (χ0v) is 17.2. The minimum Gasteiger partial charge on any atom is -0.335 e. The Labute approximate surface area is 171 Å². The fraction of sp³-hybridized carbons (Fsp3) is 0.250. The monoisotopic (exact) mass is 436 g/mol. The van der Waals surface area contributed by atoms with Crippen molar-refractivity contribution in [3.63, 3.8) is 0 Å². The van der Waals surface area contributed by atoms with Crippen LogP contribution in [0.2, 0.25) is 0 Å². The van der Waals surface area contributed by atoms with Gasteiger partial charge in [0.15, 0.2) is 0 Å². The maximum atomic E-state index is 14.1. The van der Waals surface area contributed by atoms with Crippen molar-refractivity contribution in [2.75, 3.05) is 26.2 Å². The summed E-state index contributed by atoms with van der Waals surface area (Å²) in [6.45, 7) is 2.47. The molecule has 1 aliphatic heterocycles. The number of halogens is 2. The van der Waals surface area contributed by atoms with E-state index >= 15 is 0 Å². The number of thiophene rings is 1. The number of sulfonamides is 1. The Kier molecular flexibility index (Phi) is 5.14. The van der Waals surface area contributed by atoms with Crippen molar-refractivity contribution in [1.29, 1.82) is 0 Å². The van der Waals surface area contributed by atoms with Gasteiger partial charge in [-0.1, -0.05) is 6.07 Å². The topological polar surface area (TPSA) is 57.7 Å². The number of aryl methyl sites for hydroxylation is 1. The van der Waals surface area contributed by atoms with Gasteiger partial charge in [-0.25, -0.2) is 17.2 Å². The fourth-order valence-electron chi connectivity index (χ4n) is 3.49. The van der Waals surface area contributed by atoms with Crippen LogP contribution in [-0.4, -0.2) is 49.7 Å². The summed E-state index contributed by atoms with van der Waals surface area (Å²) in [7, 11) is -3.75. The van der Waals surface area contributed by atoms with Crippen LogP contribution in [0.15, 0.2) is 47.4 Å². The number of carbonyl (C=O) groups is 1. The number of nitrogens with zero attached hydrogens (tertiary/aromatic N) is 2. The van der Waals surface area contributed by atoms with Gasteiger partial charge in [0, 0.05) is 36.3 Å². The van der Waals surface area contributed by atoms with E-state index < -0.39 is 15.8 Å². The highest BCUT2D eigenvalue weighted by molar-refractivity contribution is 7.89. The molecule has 4 rings (SSSR count). The summed E-state index contributed by atoms with van der Waals surface area (Å²) < 4.78 is 54.6. The predicted molar refractivity (Wildman–Crippen MR) is 108 cm³/mol. The summed E-state index contributed by atoms with van der Waals surface area (Å²) in [6, 6.07) is 9.44. The zero-order valence-electron chi connectivity index (χ0n) is 15.6. The van der Waals surface area contributed by atoms with Gasteiger partial charge in [-0.15, -0.1) is 11.3 Å². The predicted octanol–water partition coefficient (Wildman–Crippen LogP) is 3.63. The van der Waals surface area contributed by atoms with E-state index in [2.05, 4.69) is 0 Å². The van der Waals surface area contributed by atoms with E-state index in [0.717, 1.165) is 12.1 Å². The van der Waals surface area contributed by atoms with Crippen molar-refractivity contribution in [3.05, 3.63) is 64.5 Å². The highest BCUT2D eigenvalue weighted by atomic mass is 32.2. The first-order valence-corrected chi connectivity index (χ1v) is 11.3. The third-order valence-electron chi connectivity index (χ3n) is 5.07. The van der Waals surface area contributed by atoms with Crippen molar-refractivity contribution < 1.29 is 22.0 Å². The summed E-state index contributed by atoms with van der Waals surface area (Å²) in [6.07, 6.45) is 0. The second kappa shape index (κ2) is 7.47. The number of amides is 1. The van der Waals surface area contributed by atoms with Crippen LogP contribution in [0.5, 0.6) is 0 Å². The van der Waals surface area contributed by atoms with Gasteiger partial charge in [-0.05, 0) is 48.9 Å². The van der Waals surface area contributed by atoms with E-state index in [0.29, 0.717) is 20.5 Å². The third-order valence-corrected chi connectivity index (χ3v) is 8.23. The van der Waals surface area contributed by atoms with Gasteiger partial charge >= 0.3 is 0 Å². The molecule has 0 N–H and O–H groups in total. The third kappa shape index (κ3) is 3.54. The van der Waals surface area contributed by atoms with Gasteiger partial charge in [0.1, 0.15) is 11.6 Å². The van der Waals surface area contributed by atoms with Gasteiger partial charge in [-0.2, -0.15) is 4.31 Å². The van der Waals surface area contributed by atoms with Crippen LogP contribution in [0, 0.1) is 18.6 Å². The summed E-state index contributed by atoms with van der Waals surface area (Å²) in [5.41, 5.74) is 0.606. The second-order valence-corrected chi connectivity index (χ2v) is 9.81. The lowest BCUT2D eigenvalue weighted by molar-refractivity contribution is 0.0702. The lowest BCUT2D eigenvalue weighted by Crippen LogP contribution is -2.50. The largest absolute Gasteiger partial charge is 0.335 e. The summed E-state index contributed by atoms with van der Waals surface area (Å²) >= 11 is 1.25. The average molecular weight is 437 g/mol. The number of hydrogen-bond acceptors (Lipinski definition) is 4. The van der Waals surface area contributed by atoms with Gasteiger partial charge in [0.2, 0.25) is 10.0 Å². The maximum absolute atomic E-state index is 14.1. The van der Waals surface area contributed by atoms with E-state index in [9.17, 15) is 22.0 Å². The molecule has 0 unspecified atom stereocenters. The van der Waals surface area contributed by atoms with E-state index in [-0.39, 0.29) is 42.8 Å². The molecule has 3 aromatic rings. The molecule has 0 atom stereocenters. The number of rotatable bonds is 3. The van der Waals surface area contributed by atoms with Crippen LogP contribution in [-0.2, 0) is 10.0 Å². The Morgan fingerprint density at radius 1 is 1.00 bits per heavy atom. The smallest absolute Gasteiger partial charge is 0.264 e. The highest BCUT2D eigenvalue weighted by Gasteiger charge is 2.31. The Balaban J connectivity index is 1.51. The molecule has 2 heterocycles. The van der Waals surface area contributed by atoms with Gasteiger partial charge < -0.3 is 4.90 Å². The molecule has 1 aliphatic rings. The SMILES string of the molecule is Cc1c(C(=O)N2CCN(S(=O)(=O)c3ccc(F)cc3)CC2)sc2cccc(F)c12. The van der Waals surface area contributed by atoms with E-state index in [1.807, 2.05) is 0 Å². The molecule has 9 heteroatoms. The maximum Gasteiger partial charge on any atom is 0.264 e. The van der Waals surface area contributed by atoms with Crippen molar-refractivity contribution in [3.8, 4) is 0 Å². The van der Waals surface area contributed by atoms with Crippen molar-refractivity contribution in [1.82, 2.24) is 9.21 Å². The van der Waals surface area contributed by atoms with Gasteiger partial charge in [0.05, 0.1) is 9.77 Å². The minimum absolute atomic E-state index is 0.0227. The number of carbonyl (C=O) groups excluding carboxylic acids is 1. The fourth-order valence-corrected chi connectivity index (χ4v) is 6.10. The molecular weight excluding hydrogens is 418 g/mol. The van der Waals surface area contributed by atoms with Crippen LogP contribution < -0.4 is 0 Å². The lowest BCUT2D eigenvalue weighted by atomic mass is 10.1. The average Bonchev–Trinajstić information content (AvgIpc) is 3.05. The molecule has 0 spiro atoms. The van der Waals surface area contributed by atoms with Gasteiger partial charge in [-0.3, -0.25) is 4.79 Å². The molecule has 1 saturated heterocycles. The molecule has 5 nitrogen and oxygen atoms in total. The lowest BCUT2D eigenvalue weighted by Gasteiger charge is -2.34. The molecule has 0 saturated carbocycles. The first kappa shape index (κ1) is 19.9. The Morgan fingerprint density at radius 3 is 2.28 bits per heavy atom. The molecule has 1 amide bonds. The van der Waals surface area contributed by atoms with Crippen LogP contribution in [0.25, 0.3) is 10.1 Å². The van der Waals surface area contributed by atoms with Crippen molar-refractivity contribution in [2.24, 2.45) is 0 Å². The summed E-state index contributed by atoms with van der Waals surface area (Å²) in [5, 5.41) is 0.457. The first-order chi connectivity index (χ1) is 13.8. The zero-order chi connectivity index (χ0) is 20.8. The Morgan fingerprint density at radius 2 is 1.66 bits per heavy atom. The minimum atomic E-state index is -3.75. The second-order valence-electron chi connectivity index (χ2n) is 6.82. The molecule has 29 heavy (non-hydrogen) atoms. The van der Waals surface area contributed by atoms with Crippen LogP contribution in [0.4, 0.5) is 8.78 Å². The molecule has 2 aromatic carbocycles. The normalized spacial score (nSPS) is 15.8. The highest BCUT2D eigenvalue weighted by Crippen LogP contribution is 2.33. The van der Waals surface area contributed by atoms with E-state index in [4.69, 9.17) is 0 Å². The Hall–Kier alpha value is -2.36. The first-order valence-electron chi connectivity index (χ1n) is 9.01. The van der Waals surface area contributed by atoms with Crippen molar-refractivity contribution >= 4 is 37.4 Å². The number of hydrogen-bond donors (Lipinski definition) is 0. The van der Waals surface area contributed by atoms with Crippen LogP contribution in [0.3, 0.4) is 0 Å². The molecule has 1 fully saturated rings. The molecule has 1 aromatic heterocycles. The molecule has 0 aliphatic carbocycles. The van der Waals surface area contributed by atoms with Crippen LogP contribution in [0.1, 0.15) is 15.2 Å². The van der Waals surface area contributed by atoms with Gasteiger partial charge in [0.25, 0.3) is 5.91 Å². The van der Waals surface area contributed by atoms with E-state index in [1.165, 1.54) is 33.8 Å². The standard InChI is InChI=1S/C20H18F2N2O3S2/c1-13-18-16(22)3-2-4-17(18)28-19(13)20(25)23-9-11-24(12-10-23)29(26,27)15-7-5-14(21)6-8-15/h2-8H,9-12H2,1H3. The summed E-state index contributed by atoms with van der Waals surface area (Å²) in [4.78, 5) is 15.1. The molecule has 0 radical (unpaired) electrons. The van der Waals surface area contributed by atoms with E-state index in [1.54, 1.807) is 24.0 Å². The van der Waals surface area contributed by atoms with Crippen LogP contribution >= 0.6 is 11.3 Å². The number of benzene rings is 2.